The minimum atomic E-state index is -3.09. The fraction of sp³-hybridized carbons (Fsp3) is 0.450. The minimum Gasteiger partial charge on any atom is -0.481 e. The number of nitrogens with one attached hydrogen (secondary N) is 1. The van der Waals surface area contributed by atoms with Gasteiger partial charge < -0.3 is 5.11 Å². The molecule has 30 heavy (non-hydrogen) atoms. The molecule has 164 valence electrons. The molecule has 0 aromatic carbocycles. The Morgan fingerprint density at radius 1 is 1.20 bits per heavy atom. The summed E-state index contributed by atoms with van der Waals surface area (Å²) in [6.45, 7) is 6.14. The third kappa shape index (κ3) is 12.3. The lowest BCUT2D eigenvalue weighted by molar-refractivity contribution is -0.137. The van der Waals surface area contributed by atoms with Crippen LogP contribution in [0.2, 0.25) is 0 Å². The van der Waals surface area contributed by atoms with Gasteiger partial charge in [-0.05, 0) is 31.4 Å². The van der Waals surface area contributed by atoms with E-state index >= 15 is 0 Å². The van der Waals surface area contributed by atoms with Gasteiger partial charge in [0.15, 0.2) is 20.7 Å². The number of nitrogens with zero attached hydrogens (tertiary/aromatic N) is 4. The van der Waals surface area contributed by atoms with Crippen molar-refractivity contribution in [3.8, 4) is 25.7 Å². The van der Waals surface area contributed by atoms with Gasteiger partial charge in [0, 0.05) is 12.6 Å². The number of aryl methyl sites for hydroxylation is 2. The van der Waals surface area contributed by atoms with E-state index in [0.717, 1.165) is 18.4 Å². The normalized spacial score (nSPS) is 11.4. The van der Waals surface area contributed by atoms with Crippen molar-refractivity contribution in [2.75, 3.05) is 0 Å². The molecule has 2 aromatic rings. The first kappa shape index (κ1) is 29.0. The topological polar surface area (TPSA) is 139 Å². The lowest BCUT2D eigenvalue weighted by atomic mass is 10.3. The molecule has 1 fully saturated rings. The van der Waals surface area contributed by atoms with Crippen molar-refractivity contribution in [2.45, 2.75) is 63.2 Å². The molecule has 0 saturated heterocycles. The molecule has 0 amide bonds. The molecule has 3 rings (SSSR count). The van der Waals surface area contributed by atoms with Crippen LogP contribution in [-0.4, -0.2) is 50.4 Å². The highest BCUT2D eigenvalue weighted by Gasteiger charge is 2.37. The van der Waals surface area contributed by atoms with Crippen LogP contribution < -0.4 is 0 Å². The summed E-state index contributed by atoms with van der Waals surface area (Å²) in [6, 6.07) is 3.37. The van der Waals surface area contributed by atoms with Crippen LogP contribution in [0.5, 0.6) is 0 Å². The average Bonchev–Trinajstić information content (AvgIpc) is 3.48. The van der Waals surface area contributed by atoms with Crippen LogP contribution in [0.3, 0.4) is 0 Å². The van der Waals surface area contributed by atoms with E-state index in [1.165, 1.54) is 6.42 Å². The van der Waals surface area contributed by atoms with Gasteiger partial charge in [-0.2, -0.15) is 5.21 Å². The SMILES string of the molecule is C#C.C#C.CCC.Cc1ccc(S(=O)(=O)C2CC2)nc1.O=C(O)CCc1nn[nH]n1. The third-order valence-electron chi connectivity index (χ3n) is 3.09. The predicted octanol–water partition coefficient (Wildman–Crippen LogP) is 2.46. The number of H-pyrrole nitrogens is 1. The largest absolute Gasteiger partial charge is 0.481 e. The number of carboxylic acids is 1. The number of aliphatic carboxylic acids is 1. The Morgan fingerprint density at radius 3 is 2.13 bits per heavy atom. The number of hydrogen-bond donors (Lipinski definition) is 2. The molecular formula is C20H29N5O4S. The molecule has 2 heterocycles. The summed E-state index contributed by atoms with van der Waals surface area (Å²) in [5, 5.41) is 20.9. The van der Waals surface area contributed by atoms with Crippen molar-refractivity contribution < 1.29 is 18.3 Å². The average molecular weight is 436 g/mol. The van der Waals surface area contributed by atoms with Gasteiger partial charge in [-0.25, -0.2) is 13.4 Å². The number of sulfone groups is 1. The summed E-state index contributed by atoms with van der Waals surface area (Å²) < 4.78 is 23.3. The fourth-order valence-electron chi connectivity index (χ4n) is 1.68. The van der Waals surface area contributed by atoms with E-state index in [1.807, 2.05) is 6.92 Å². The Balaban J connectivity index is 0. The number of tetrazole rings is 1. The summed E-state index contributed by atoms with van der Waals surface area (Å²) in [5.41, 5.74) is 0.981. The van der Waals surface area contributed by atoms with E-state index in [0.29, 0.717) is 12.2 Å². The lowest BCUT2D eigenvalue weighted by Crippen LogP contribution is -2.08. The quantitative estimate of drug-likeness (QED) is 0.683. The number of hydrogen-bond acceptors (Lipinski definition) is 7. The second-order valence-electron chi connectivity index (χ2n) is 5.85. The standard InChI is InChI=1S/C9H11NO2S.C4H6N4O2.C3H8.2C2H2/c1-7-2-5-9(10-6-7)13(11,12)8-3-4-8;9-4(10)2-1-3-5-7-8-6-3;1-3-2;2*1-2/h2,5-6,8H,3-4H2,1H3;1-2H2,(H,9,10)(H,5,6,7,8);3H2,1-2H3;2*1-2H. The molecule has 1 aliphatic rings. The van der Waals surface area contributed by atoms with Gasteiger partial charge in [-0.3, -0.25) is 4.79 Å². The Bertz CT molecular complexity index is 834. The van der Waals surface area contributed by atoms with Crippen molar-refractivity contribution in [3.63, 3.8) is 0 Å². The first-order chi connectivity index (χ1) is 14.3. The van der Waals surface area contributed by atoms with E-state index in [1.54, 1.807) is 18.3 Å². The Morgan fingerprint density at radius 2 is 1.77 bits per heavy atom. The molecule has 0 radical (unpaired) electrons. The number of aromatic nitrogens is 5. The van der Waals surface area contributed by atoms with Crippen LogP contribution in [0.25, 0.3) is 0 Å². The summed E-state index contributed by atoms with van der Waals surface area (Å²) in [5.74, 6) is -0.424. The monoisotopic (exact) mass is 435 g/mol. The van der Waals surface area contributed by atoms with E-state index in [-0.39, 0.29) is 16.7 Å². The van der Waals surface area contributed by atoms with Gasteiger partial charge in [0.05, 0.1) is 11.7 Å². The third-order valence-corrected chi connectivity index (χ3v) is 5.26. The Hall–Kier alpha value is -3.24. The summed E-state index contributed by atoms with van der Waals surface area (Å²) in [6.07, 6.45) is 20.8. The van der Waals surface area contributed by atoms with E-state index < -0.39 is 15.8 Å². The maximum atomic E-state index is 11.6. The number of aromatic amines is 1. The molecule has 1 aliphatic carbocycles. The first-order valence-electron chi connectivity index (χ1n) is 9.08. The van der Waals surface area contributed by atoms with E-state index in [4.69, 9.17) is 5.11 Å². The van der Waals surface area contributed by atoms with Crippen molar-refractivity contribution >= 4 is 15.8 Å². The highest BCUT2D eigenvalue weighted by Crippen LogP contribution is 2.32. The highest BCUT2D eigenvalue weighted by atomic mass is 32.2. The number of carbonyl (C=O) groups is 1. The molecule has 2 N–H and O–H groups in total. The second-order valence-corrected chi connectivity index (χ2v) is 8.02. The van der Waals surface area contributed by atoms with Gasteiger partial charge in [-0.15, -0.1) is 35.9 Å². The summed E-state index contributed by atoms with van der Waals surface area (Å²) in [7, 11) is -3.09. The van der Waals surface area contributed by atoms with Gasteiger partial charge in [-0.1, -0.05) is 31.5 Å². The molecule has 0 bridgehead atoms. The van der Waals surface area contributed by atoms with Crippen LogP contribution in [0.4, 0.5) is 0 Å². The molecule has 0 aliphatic heterocycles. The Kier molecular flexibility index (Phi) is 16.1. The molecule has 1 saturated carbocycles. The lowest BCUT2D eigenvalue weighted by Gasteiger charge is -2.00. The van der Waals surface area contributed by atoms with Gasteiger partial charge in [0.25, 0.3) is 0 Å². The molecular weight excluding hydrogens is 406 g/mol. The second kappa shape index (κ2) is 16.7. The van der Waals surface area contributed by atoms with E-state index in [2.05, 4.69) is 65.1 Å². The Labute approximate surface area is 178 Å². The number of rotatable bonds is 5. The predicted molar refractivity (Wildman–Crippen MR) is 115 cm³/mol. The van der Waals surface area contributed by atoms with Crippen LogP contribution in [-0.2, 0) is 21.1 Å². The maximum absolute atomic E-state index is 11.6. The molecule has 9 nitrogen and oxygen atoms in total. The molecule has 0 atom stereocenters. The molecule has 0 unspecified atom stereocenters. The van der Waals surface area contributed by atoms with Gasteiger partial charge >= 0.3 is 5.97 Å². The minimum absolute atomic E-state index is 0.0412. The zero-order chi connectivity index (χ0) is 23.6. The highest BCUT2D eigenvalue weighted by molar-refractivity contribution is 7.92. The van der Waals surface area contributed by atoms with Crippen LogP contribution in [0.15, 0.2) is 23.4 Å². The zero-order valence-corrected chi connectivity index (χ0v) is 18.3. The van der Waals surface area contributed by atoms with Gasteiger partial charge in [0.1, 0.15) is 0 Å². The van der Waals surface area contributed by atoms with E-state index in [9.17, 15) is 13.2 Å². The first-order valence-corrected chi connectivity index (χ1v) is 10.6. The van der Waals surface area contributed by atoms with Crippen molar-refractivity contribution in [1.82, 2.24) is 25.6 Å². The summed E-state index contributed by atoms with van der Waals surface area (Å²) >= 11 is 0. The molecule has 2 aromatic heterocycles. The van der Waals surface area contributed by atoms with Crippen molar-refractivity contribution in [1.29, 1.82) is 0 Å². The van der Waals surface area contributed by atoms with Gasteiger partial charge in [0.2, 0.25) is 0 Å². The molecule has 0 spiro atoms. The maximum Gasteiger partial charge on any atom is 0.303 e. The smallest absolute Gasteiger partial charge is 0.303 e. The fourth-order valence-corrected chi connectivity index (χ4v) is 3.23. The van der Waals surface area contributed by atoms with Crippen LogP contribution in [0.1, 0.15) is 50.9 Å². The number of terminal acetylenes is 2. The number of carboxylic acid groups (broad SMARTS) is 1. The van der Waals surface area contributed by atoms with Crippen molar-refractivity contribution in [2.24, 2.45) is 0 Å². The van der Waals surface area contributed by atoms with Crippen LogP contribution in [0, 0.1) is 32.6 Å². The van der Waals surface area contributed by atoms with Crippen LogP contribution >= 0.6 is 0 Å². The van der Waals surface area contributed by atoms with Crippen molar-refractivity contribution in [3.05, 3.63) is 29.7 Å². The number of pyridine rings is 1. The molecule has 10 heteroatoms. The summed E-state index contributed by atoms with van der Waals surface area (Å²) in [4.78, 5) is 13.9. The zero-order valence-electron chi connectivity index (χ0n) is 17.5.